The van der Waals surface area contributed by atoms with Gasteiger partial charge in [-0.2, -0.15) is 0 Å². The average molecular weight is 387 g/mol. The predicted octanol–water partition coefficient (Wildman–Crippen LogP) is 4.64. The molecule has 0 saturated heterocycles. The SMILES string of the molecule is CC(=O)c1ccc(-n2nc(OC(C)C)c(Oc3c(F)cccc3F)c2C)nc1. The Bertz CT molecular complexity index is 994. The van der Waals surface area contributed by atoms with Gasteiger partial charge in [0.25, 0.3) is 5.88 Å². The van der Waals surface area contributed by atoms with E-state index in [9.17, 15) is 13.6 Å². The van der Waals surface area contributed by atoms with Crippen molar-refractivity contribution in [3.8, 4) is 23.2 Å². The summed E-state index contributed by atoms with van der Waals surface area (Å²) < 4.78 is 40.7. The Morgan fingerprint density at radius 3 is 2.32 bits per heavy atom. The average Bonchev–Trinajstić information content (AvgIpc) is 2.93. The van der Waals surface area contributed by atoms with Crippen LogP contribution in [-0.4, -0.2) is 26.7 Å². The fourth-order valence-corrected chi connectivity index (χ4v) is 2.50. The molecule has 0 spiro atoms. The van der Waals surface area contributed by atoms with Crippen molar-refractivity contribution in [2.24, 2.45) is 0 Å². The summed E-state index contributed by atoms with van der Waals surface area (Å²) in [5, 5.41) is 4.33. The zero-order valence-corrected chi connectivity index (χ0v) is 15.9. The number of carbonyl (C=O) groups excluding carboxylic acids is 1. The van der Waals surface area contributed by atoms with Crippen molar-refractivity contribution in [1.82, 2.24) is 14.8 Å². The van der Waals surface area contributed by atoms with Gasteiger partial charge in [0, 0.05) is 11.8 Å². The monoisotopic (exact) mass is 387 g/mol. The van der Waals surface area contributed by atoms with Crippen molar-refractivity contribution in [3.63, 3.8) is 0 Å². The van der Waals surface area contributed by atoms with Crippen LogP contribution < -0.4 is 9.47 Å². The number of hydrogen-bond donors (Lipinski definition) is 0. The molecule has 0 bridgehead atoms. The Morgan fingerprint density at radius 1 is 1.11 bits per heavy atom. The van der Waals surface area contributed by atoms with E-state index >= 15 is 0 Å². The molecule has 0 atom stereocenters. The summed E-state index contributed by atoms with van der Waals surface area (Å²) in [7, 11) is 0. The van der Waals surface area contributed by atoms with Crippen LogP contribution >= 0.6 is 0 Å². The molecule has 8 heteroatoms. The van der Waals surface area contributed by atoms with Crippen LogP contribution in [0.15, 0.2) is 36.5 Å². The zero-order valence-electron chi connectivity index (χ0n) is 15.9. The summed E-state index contributed by atoms with van der Waals surface area (Å²) in [4.78, 5) is 15.7. The Hall–Kier alpha value is -3.29. The number of carbonyl (C=O) groups is 1. The molecular weight excluding hydrogens is 368 g/mol. The van der Waals surface area contributed by atoms with E-state index in [0.29, 0.717) is 17.1 Å². The number of nitrogens with zero attached hydrogens (tertiary/aromatic N) is 3. The minimum Gasteiger partial charge on any atom is -0.471 e. The van der Waals surface area contributed by atoms with Crippen molar-refractivity contribution in [3.05, 3.63) is 59.4 Å². The van der Waals surface area contributed by atoms with Crippen molar-refractivity contribution in [2.45, 2.75) is 33.8 Å². The lowest BCUT2D eigenvalue weighted by atomic mass is 10.2. The number of Topliss-reactive ketones (excluding diaryl/α,β-unsaturated/α-hetero) is 1. The highest BCUT2D eigenvalue weighted by atomic mass is 19.1. The van der Waals surface area contributed by atoms with Gasteiger partial charge in [-0.3, -0.25) is 4.79 Å². The normalized spacial score (nSPS) is 11.0. The fraction of sp³-hybridized carbons (Fsp3) is 0.250. The van der Waals surface area contributed by atoms with Crippen LogP contribution in [0.3, 0.4) is 0 Å². The van der Waals surface area contributed by atoms with Gasteiger partial charge in [0.05, 0.1) is 11.8 Å². The second-order valence-corrected chi connectivity index (χ2v) is 6.41. The number of para-hydroxylation sites is 1. The van der Waals surface area contributed by atoms with Gasteiger partial charge in [0.15, 0.2) is 29.0 Å². The van der Waals surface area contributed by atoms with Crippen LogP contribution in [0.4, 0.5) is 8.78 Å². The third-order valence-electron chi connectivity index (χ3n) is 3.87. The molecule has 0 unspecified atom stereocenters. The second kappa shape index (κ2) is 7.75. The van der Waals surface area contributed by atoms with Crippen LogP contribution in [0.25, 0.3) is 5.82 Å². The molecule has 3 rings (SSSR count). The molecular formula is C20H19F2N3O3. The third-order valence-corrected chi connectivity index (χ3v) is 3.87. The lowest BCUT2D eigenvalue weighted by molar-refractivity contribution is 0.101. The molecule has 0 saturated carbocycles. The number of ether oxygens (including phenoxy) is 2. The number of halogens is 2. The van der Waals surface area contributed by atoms with Crippen LogP contribution in [0.5, 0.6) is 17.4 Å². The largest absolute Gasteiger partial charge is 0.471 e. The highest BCUT2D eigenvalue weighted by molar-refractivity contribution is 5.93. The van der Waals surface area contributed by atoms with E-state index in [2.05, 4.69) is 10.1 Å². The first kappa shape index (κ1) is 19.5. The molecule has 28 heavy (non-hydrogen) atoms. The van der Waals surface area contributed by atoms with Crippen molar-refractivity contribution < 1.29 is 23.0 Å². The molecule has 3 aromatic rings. The molecule has 2 aromatic heterocycles. The zero-order chi connectivity index (χ0) is 20.4. The molecule has 0 amide bonds. The number of ketones is 1. The van der Waals surface area contributed by atoms with Crippen LogP contribution in [0.2, 0.25) is 0 Å². The summed E-state index contributed by atoms with van der Waals surface area (Å²) in [6, 6.07) is 6.68. The highest BCUT2D eigenvalue weighted by Crippen LogP contribution is 2.37. The van der Waals surface area contributed by atoms with E-state index in [1.807, 2.05) is 0 Å². The number of rotatable bonds is 6. The molecule has 0 radical (unpaired) electrons. The molecule has 0 aliphatic carbocycles. The minimum atomic E-state index is -0.841. The molecule has 146 valence electrons. The summed E-state index contributed by atoms with van der Waals surface area (Å²) in [5.74, 6) is -1.78. The number of aromatic nitrogens is 3. The molecule has 0 fully saturated rings. The fourth-order valence-electron chi connectivity index (χ4n) is 2.50. The van der Waals surface area contributed by atoms with Gasteiger partial charge in [-0.25, -0.2) is 18.4 Å². The van der Waals surface area contributed by atoms with E-state index in [-0.39, 0.29) is 23.5 Å². The van der Waals surface area contributed by atoms with Gasteiger partial charge in [-0.1, -0.05) is 6.07 Å². The Morgan fingerprint density at radius 2 is 1.79 bits per heavy atom. The molecule has 0 aliphatic heterocycles. The van der Waals surface area contributed by atoms with Gasteiger partial charge in [-0.15, -0.1) is 5.10 Å². The van der Waals surface area contributed by atoms with E-state index in [1.54, 1.807) is 32.9 Å². The Balaban J connectivity index is 2.07. The van der Waals surface area contributed by atoms with E-state index in [0.717, 1.165) is 12.1 Å². The maximum Gasteiger partial charge on any atom is 0.277 e. The van der Waals surface area contributed by atoms with E-state index < -0.39 is 17.4 Å². The number of hydrogen-bond acceptors (Lipinski definition) is 5. The molecule has 0 aliphatic rings. The van der Waals surface area contributed by atoms with E-state index in [4.69, 9.17) is 9.47 Å². The molecule has 6 nitrogen and oxygen atoms in total. The maximum absolute atomic E-state index is 14.0. The van der Waals surface area contributed by atoms with Gasteiger partial charge in [0.1, 0.15) is 0 Å². The molecule has 1 aromatic carbocycles. The first-order chi connectivity index (χ1) is 13.3. The van der Waals surface area contributed by atoms with Crippen LogP contribution in [-0.2, 0) is 0 Å². The predicted molar refractivity (Wildman–Crippen MR) is 98.3 cm³/mol. The maximum atomic E-state index is 14.0. The standard InChI is InChI=1S/C20H19F2N3O3/c1-11(2)27-20-18(28-19-15(21)6-5-7-16(19)22)12(3)25(24-20)17-9-8-14(10-23-17)13(4)26/h5-11H,1-4H3. The van der Waals surface area contributed by atoms with Gasteiger partial charge in [-0.05, 0) is 52.0 Å². The first-order valence-electron chi connectivity index (χ1n) is 8.63. The second-order valence-electron chi connectivity index (χ2n) is 6.41. The topological polar surface area (TPSA) is 66.2 Å². The minimum absolute atomic E-state index is 0.0765. The summed E-state index contributed by atoms with van der Waals surface area (Å²) >= 11 is 0. The summed E-state index contributed by atoms with van der Waals surface area (Å²) in [6.07, 6.45) is 1.18. The van der Waals surface area contributed by atoms with Crippen LogP contribution in [0.1, 0.15) is 36.8 Å². The summed E-state index contributed by atoms with van der Waals surface area (Å²) in [5.41, 5.74) is 0.887. The third kappa shape index (κ3) is 3.85. The van der Waals surface area contributed by atoms with Gasteiger partial charge in [0.2, 0.25) is 5.75 Å². The Kier molecular flexibility index (Phi) is 5.39. The number of benzene rings is 1. The quantitative estimate of drug-likeness (QED) is 0.577. The van der Waals surface area contributed by atoms with Crippen LogP contribution in [0, 0.1) is 18.6 Å². The van der Waals surface area contributed by atoms with Gasteiger partial charge < -0.3 is 9.47 Å². The Labute approximate surface area is 160 Å². The lowest BCUT2D eigenvalue weighted by Gasteiger charge is -2.11. The van der Waals surface area contributed by atoms with E-state index in [1.165, 1.54) is 23.9 Å². The van der Waals surface area contributed by atoms with Crippen molar-refractivity contribution in [1.29, 1.82) is 0 Å². The first-order valence-corrected chi connectivity index (χ1v) is 8.63. The number of pyridine rings is 1. The van der Waals surface area contributed by atoms with Crippen molar-refractivity contribution >= 4 is 5.78 Å². The molecule has 2 heterocycles. The smallest absolute Gasteiger partial charge is 0.277 e. The summed E-state index contributed by atoms with van der Waals surface area (Å²) in [6.45, 7) is 6.69. The van der Waals surface area contributed by atoms with Gasteiger partial charge >= 0.3 is 0 Å². The lowest BCUT2D eigenvalue weighted by Crippen LogP contribution is -2.07. The van der Waals surface area contributed by atoms with Crippen molar-refractivity contribution in [2.75, 3.05) is 0 Å². The highest BCUT2D eigenvalue weighted by Gasteiger charge is 2.23. The molecule has 0 N–H and O–H groups in total.